The van der Waals surface area contributed by atoms with Crippen LogP contribution < -0.4 is 0 Å². The highest BCUT2D eigenvalue weighted by atomic mass is 31.2. The fraction of sp³-hybridized carbons (Fsp3) is 0.885. The number of esters is 2. The molecule has 6 N–H and O–H groups in total. The van der Waals surface area contributed by atoms with Crippen LogP contribution in [-0.4, -0.2) is 98.3 Å². The standard InChI is InChI=1S/C52H97O13P/c1-3-5-7-9-11-13-15-17-19-21-22-23-24-25-27-29-31-33-35-37-39-41-46(54)64-44(43-63-66(60,61)65-52-50(58)48(56)47(55)49(57)51(52)59)42-62-45(53)40-38-36-34-32-30-28-26-20-18-16-14-12-10-8-6-4-2/h20-22,26,44,47-52,55-59H,3-19,23-25,27-43H2,1-2H3,(H,60,61)/b22-21-,26-20-. The van der Waals surface area contributed by atoms with E-state index in [1.54, 1.807) is 0 Å². The number of ether oxygens (including phenoxy) is 2. The summed E-state index contributed by atoms with van der Waals surface area (Å²) in [5.41, 5.74) is 0. The van der Waals surface area contributed by atoms with Crippen LogP contribution in [0.4, 0.5) is 0 Å². The number of allylic oxidation sites excluding steroid dienone is 4. The Balaban J connectivity index is 2.38. The van der Waals surface area contributed by atoms with Crippen LogP contribution in [0.15, 0.2) is 24.3 Å². The highest BCUT2D eigenvalue weighted by Crippen LogP contribution is 2.47. The minimum Gasteiger partial charge on any atom is -0.462 e. The van der Waals surface area contributed by atoms with E-state index in [0.717, 1.165) is 70.6 Å². The fourth-order valence-electron chi connectivity index (χ4n) is 8.22. The second kappa shape index (κ2) is 42.2. The number of carbonyl (C=O) groups is 2. The molecule has 14 heteroatoms. The largest absolute Gasteiger partial charge is 0.472 e. The lowest BCUT2D eigenvalue weighted by Crippen LogP contribution is -2.64. The maximum Gasteiger partial charge on any atom is 0.472 e. The quantitative estimate of drug-likeness (QED) is 0.0145. The van der Waals surface area contributed by atoms with Crippen molar-refractivity contribution in [3.05, 3.63) is 24.3 Å². The van der Waals surface area contributed by atoms with Crippen LogP contribution in [0.5, 0.6) is 0 Å². The lowest BCUT2D eigenvalue weighted by Gasteiger charge is -2.41. The summed E-state index contributed by atoms with van der Waals surface area (Å²) >= 11 is 0. The second-order valence-corrected chi connectivity index (χ2v) is 20.1. The predicted molar refractivity (Wildman–Crippen MR) is 263 cm³/mol. The molecule has 1 saturated carbocycles. The molecule has 1 aliphatic rings. The smallest absolute Gasteiger partial charge is 0.462 e. The number of hydrogen-bond donors (Lipinski definition) is 6. The summed E-state index contributed by atoms with van der Waals surface area (Å²) in [4.78, 5) is 35.8. The number of phosphoric ester groups is 1. The van der Waals surface area contributed by atoms with E-state index in [1.165, 1.54) is 128 Å². The van der Waals surface area contributed by atoms with E-state index in [0.29, 0.717) is 12.8 Å². The third kappa shape index (κ3) is 33.8. The first-order chi connectivity index (χ1) is 31.9. The minimum atomic E-state index is -5.12. The van der Waals surface area contributed by atoms with Crippen LogP contribution in [0.25, 0.3) is 0 Å². The van der Waals surface area contributed by atoms with Gasteiger partial charge in [-0.2, -0.15) is 0 Å². The Kier molecular flexibility index (Phi) is 39.9. The number of phosphoric acid groups is 1. The van der Waals surface area contributed by atoms with Crippen LogP contribution in [0.2, 0.25) is 0 Å². The molecule has 6 atom stereocenters. The molecule has 0 amide bonds. The van der Waals surface area contributed by atoms with Crippen LogP contribution in [0.3, 0.4) is 0 Å². The summed E-state index contributed by atoms with van der Waals surface area (Å²) in [7, 11) is -5.12. The molecule has 1 fully saturated rings. The Morgan fingerprint density at radius 1 is 0.455 bits per heavy atom. The number of rotatable bonds is 45. The molecule has 1 aliphatic carbocycles. The zero-order chi connectivity index (χ0) is 48.5. The summed E-state index contributed by atoms with van der Waals surface area (Å²) in [5, 5.41) is 50.3. The van der Waals surface area contributed by atoms with Crippen molar-refractivity contribution in [3.63, 3.8) is 0 Å². The topological polar surface area (TPSA) is 210 Å². The predicted octanol–water partition coefficient (Wildman–Crippen LogP) is 11.6. The molecule has 13 nitrogen and oxygen atoms in total. The fourth-order valence-corrected chi connectivity index (χ4v) is 9.19. The van der Waals surface area contributed by atoms with Crippen molar-refractivity contribution < 1.29 is 63.1 Å². The monoisotopic (exact) mass is 961 g/mol. The van der Waals surface area contributed by atoms with Gasteiger partial charge in [-0.25, -0.2) is 4.57 Å². The van der Waals surface area contributed by atoms with Crippen LogP contribution >= 0.6 is 7.82 Å². The van der Waals surface area contributed by atoms with Crippen molar-refractivity contribution in [1.82, 2.24) is 0 Å². The molecular formula is C52H97O13P. The SMILES string of the molecule is CCCCCCCCC/C=C\CCCCCCCC(=O)OCC(COP(=O)(O)OC1C(O)C(O)C(O)C(O)C1O)OC(=O)CCCCCCCCCCC/C=C\CCCCCCCCCC. The molecule has 0 aromatic heterocycles. The lowest BCUT2D eigenvalue weighted by molar-refractivity contribution is -0.220. The first kappa shape index (κ1) is 62.3. The average Bonchev–Trinajstić information content (AvgIpc) is 3.30. The van der Waals surface area contributed by atoms with Crippen molar-refractivity contribution >= 4 is 19.8 Å². The van der Waals surface area contributed by atoms with Crippen molar-refractivity contribution in [1.29, 1.82) is 0 Å². The Bertz CT molecular complexity index is 1250. The number of hydrogen-bond acceptors (Lipinski definition) is 12. The molecule has 0 aromatic carbocycles. The molecule has 0 radical (unpaired) electrons. The van der Waals surface area contributed by atoms with E-state index in [9.17, 15) is 44.6 Å². The van der Waals surface area contributed by atoms with Gasteiger partial charge >= 0.3 is 19.8 Å². The molecule has 0 aliphatic heterocycles. The second-order valence-electron chi connectivity index (χ2n) is 18.7. The molecule has 0 aromatic rings. The molecule has 388 valence electrons. The van der Waals surface area contributed by atoms with Crippen molar-refractivity contribution in [2.45, 2.75) is 281 Å². The highest BCUT2D eigenvalue weighted by Gasteiger charge is 2.51. The molecule has 1 rings (SSSR count). The van der Waals surface area contributed by atoms with Gasteiger partial charge in [0.1, 0.15) is 43.2 Å². The Labute approximate surface area is 400 Å². The Morgan fingerprint density at radius 2 is 0.773 bits per heavy atom. The normalized spacial score (nSPS) is 21.4. The molecule has 0 heterocycles. The summed E-state index contributed by atoms with van der Waals surface area (Å²) in [5.74, 6) is -1.10. The molecule has 66 heavy (non-hydrogen) atoms. The van der Waals surface area contributed by atoms with E-state index >= 15 is 0 Å². The van der Waals surface area contributed by atoms with E-state index in [1.807, 2.05) is 0 Å². The van der Waals surface area contributed by atoms with Crippen molar-refractivity contribution in [3.8, 4) is 0 Å². The number of unbranched alkanes of at least 4 members (excludes halogenated alkanes) is 29. The summed E-state index contributed by atoms with van der Waals surface area (Å²) in [6, 6.07) is 0. The number of aliphatic hydroxyl groups is 5. The first-order valence-corrected chi connectivity index (χ1v) is 28.1. The van der Waals surface area contributed by atoms with Crippen molar-refractivity contribution in [2.24, 2.45) is 0 Å². The first-order valence-electron chi connectivity index (χ1n) is 26.6. The highest BCUT2D eigenvalue weighted by molar-refractivity contribution is 7.47. The minimum absolute atomic E-state index is 0.0951. The molecule has 0 bridgehead atoms. The van der Waals surface area contributed by atoms with Gasteiger partial charge in [0.05, 0.1) is 6.61 Å². The van der Waals surface area contributed by atoms with Gasteiger partial charge in [-0.15, -0.1) is 0 Å². The van der Waals surface area contributed by atoms with Crippen LogP contribution in [-0.2, 0) is 32.7 Å². The van der Waals surface area contributed by atoms with Gasteiger partial charge in [0, 0.05) is 12.8 Å². The van der Waals surface area contributed by atoms with Gasteiger partial charge in [-0.3, -0.25) is 18.6 Å². The summed E-state index contributed by atoms with van der Waals surface area (Å²) in [6.07, 6.45) is 35.1. The molecule has 0 saturated heterocycles. The van der Waals surface area contributed by atoms with Crippen LogP contribution in [0.1, 0.15) is 239 Å². The molecule has 6 unspecified atom stereocenters. The third-order valence-corrected chi connectivity index (χ3v) is 13.5. The summed E-state index contributed by atoms with van der Waals surface area (Å²) in [6.45, 7) is 3.32. The van der Waals surface area contributed by atoms with Gasteiger partial charge in [0.15, 0.2) is 6.10 Å². The molecule has 0 spiro atoms. The van der Waals surface area contributed by atoms with E-state index in [2.05, 4.69) is 38.2 Å². The number of carbonyl (C=O) groups excluding carboxylic acids is 2. The van der Waals surface area contributed by atoms with Crippen LogP contribution in [0, 0.1) is 0 Å². The van der Waals surface area contributed by atoms with E-state index < -0.39 is 75.7 Å². The van der Waals surface area contributed by atoms with Gasteiger partial charge in [-0.1, -0.05) is 186 Å². The maximum absolute atomic E-state index is 12.9. The Morgan fingerprint density at radius 3 is 1.15 bits per heavy atom. The van der Waals surface area contributed by atoms with Gasteiger partial charge in [-0.05, 0) is 64.2 Å². The number of aliphatic hydroxyl groups excluding tert-OH is 5. The van der Waals surface area contributed by atoms with Gasteiger partial charge in [0.2, 0.25) is 0 Å². The van der Waals surface area contributed by atoms with Crippen molar-refractivity contribution in [2.75, 3.05) is 13.2 Å². The van der Waals surface area contributed by atoms with Gasteiger partial charge < -0.3 is 39.9 Å². The molecular weight excluding hydrogens is 864 g/mol. The average molecular weight is 961 g/mol. The maximum atomic E-state index is 12.9. The third-order valence-electron chi connectivity index (χ3n) is 12.5. The van der Waals surface area contributed by atoms with Gasteiger partial charge in [0.25, 0.3) is 0 Å². The zero-order valence-corrected chi connectivity index (χ0v) is 42.4. The Hall–Kier alpha value is -1.67. The summed E-state index contributed by atoms with van der Waals surface area (Å²) < 4.78 is 33.7. The van der Waals surface area contributed by atoms with E-state index in [4.69, 9.17) is 18.5 Å². The zero-order valence-electron chi connectivity index (χ0n) is 41.5. The van der Waals surface area contributed by atoms with E-state index in [-0.39, 0.29) is 12.8 Å². The lowest BCUT2D eigenvalue weighted by atomic mass is 9.85.